The molecule has 0 aliphatic rings. The van der Waals surface area contributed by atoms with Crippen molar-refractivity contribution in [2.24, 2.45) is 7.05 Å². The lowest BCUT2D eigenvalue weighted by Crippen LogP contribution is -1.89. The Morgan fingerprint density at radius 3 is 2.92 bits per heavy atom. The fraction of sp³-hybridized carbons (Fsp3) is 0.222. The van der Waals surface area contributed by atoms with Gasteiger partial charge in [-0.3, -0.25) is 0 Å². The molecule has 0 bridgehead atoms. The third-order valence-electron chi connectivity index (χ3n) is 2.19. The van der Waals surface area contributed by atoms with Gasteiger partial charge in [-0.15, -0.1) is 0 Å². The van der Waals surface area contributed by atoms with Crippen molar-refractivity contribution in [2.45, 2.75) is 6.92 Å². The van der Waals surface area contributed by atoms with E-state index in [1.54, 1.807) is 0 Å². The van der Waals surface area contributed by atoms with Crippen LogP contribution in [-0.2, 0) is 7.05 Å². The molecule has 2 rings (SSSR count). The van der Waals surface area contributed by atoms with E-state index >= 15 is 0 Å². The predicted octanol–water partition coefficient (Wildman–Crippen LogP) is 2.54. The molecule has 1 N–H and O–H groups in total. The molecular formula is C9H10N2S. The molecule has 2 aromatic rings. The van der Waals surface area contributed by atoms with Crippen LogP contribution in [0.2, 0.25) is 0 Å². The monoisotopic (exact) mass is 178 g/mol. The molecule has 12 heavy (non-hydrogen) atoms. The maximum atomic E-state index is 5.04. The topological polar surface area (TPSA) is 20.7 Å². The number of H-pyrrole nitrogens is 1. The minimum atomic E-state index is 0.781. The number of aryl methyl sites for hydroxylation is 2. The highest BCUT2D eigenvalue weighted by atomic mass is 32.1. The lowest BCUT2D eigenvalue weighted by molar-refractivity contribution is 0.917. The third-order valence-corrected chi connectivity index (χ3v) is 2.42. The third kappa shape index (κ3) is 0.975. The summed E-state index contributed by atoms with van der Waals surface area (Å²) in [5.41, 5.74) is 2.44. The van der Waals surface area contributed by atoms with E-state index in [9.17, 15) is 0 Å². The summed E-state index contributed by atoms with van der Waals surface area (Å²) in [5, 5.41) is 1.21. The molecule has 62 valence electrons. The zero-order chi connectivity index (χ0) is 8.72. The number of aromatic nitrogens is 2. The van der Waals surface area contributed by atoms with Crippen molar-refractivity contribution in [2.75, 3.05) is 0 Å². The van der Waals surface area contributed by atoms with Crippen molar-refractivity contribution < 1.29 is 0 Å². The molecule has 0 saturated carbocycles. The van der Waals surface area contributed by atoms with E-state index in [-0.39, 0.29) is 0 Å². The van der Waals surface area contributed by atoms with Gasteiger partial charge >= 0.3 is 0 Å². The molecule has 2 aromatic heterocycles. The molecule has 2 nitrogen and oxygen atoms in total. The van der Waals surface area contributed by atoms with E-state index in [4.69, 9.17) is 12.2 Å². The fourth-order valence-electron chi connectivity index (χ4n) is 1.39. The van der Waals surface area contributed by atoms with Gasteiger partial charge in [0.2, 0.25) is 0 Å². The Balaban J connectivity index is 2.98. The smallest absolute Gasteiger partial charge is 0.105 e. The van der Waals surface area contributed by atoms with Gasteiger partial charge in [-0.05, 0) is 19.1 Å². The lowest BCUT2D eigenvalue weighted by Gasteiger charge is -1.96. The summed E-state index contributed by atoms with van der Waals surface area (Å²) in [5.74, 6) is 0. The summed E-state index contributed by atoms with van der Waals surface area (Å²) in [6.45, 7) is 2.09. The predicted molar refractivity (Wildman–Crippen MR) is 52.8 cm³/mol. The van der Waals surface area contributed by atoms with E-state index in [0.29, 0.717) is 0 Å². The first-order valence-electron chi connectivity index (χ1n) is 3.83. The average Bonchev–Trinajstić information content (AvgIpc) is 2.31. The largest absolute Gasteiger partial charge is 0.352 e. The minimum Gasteiger partial charge on any atom is -0.352 e. The Bertz CT molecular complexity index is 479. The molecule has 0 amide bonds. The minimum absolute atomic E-state index is 0.781. The number of rotatable bonds is 0. The number of aromatic amines is 1. The Morgan fingerprint density at radius 2 is 2.17 bits per heavy atom. The summed E-state index contributed by atoms with van der Waals surface area (Å²) in [7, 11) is 2.05. The molecule has 0 atom stereocenters. The van der Waals surface area contributed by atoms with Gasteiger partial charge in [0.05, 0.1) is 5.52 Å². The van der Waals surface area contributed by atoms with Crippen molar-refractivity contribution in [3.8, 4) is 0 Å². The molecule has 0 fully saturated rings. The Morgan fingerprint density at radius 1 is 1.42 bits per heavy atom. The van der Waals surface area contributed by atoms with Crippen LogP contribution in [0, 0.1) is 11.6 Å². The second kappa shape index (κ2) is 2.45. The number of nitrogens with zero attached hydrogens (tertiary/aromatic N) is 1. The van der Waals surface area contributed by atoms with Crippen molar-refractivity contribution in [3.63, 3.8) is 0 Å². The number of fused-ring (bicyclic) bond motifs is 1. The molecule has 0 radical (unpaired) electrons. The first-order chi connectivity index (χ1) is 5.68. The first-order valence-corrected chi connectivity index (χ1v) is 4.24. The molecule has 0 saturated heterocycles. The van der Waals surface area contributed by atoms with Crippen LogP contribution in [0.1, 0.15) is 5.69 Å². The van der Waals surface area contributed by atoms with Crippen LogP contribution in [0.15, 0.2) is 18.3 Å². The molecule has 0 spiro atoms. The van der Waals surface area contributed by atoms with Crippen molar-refractivity contribution >= 4 is 23.1 Å². The van der Waals surface area contributed by atoms with Crippen LogP contribution < -0.4 is 0 Å². The summed E-state index contributed by atoms with van der Waals surface area (Å²) >= 11 is 5.04. The second-order valence-electron chi connectivity index (χ2n) is 2.98. The van der Waals surface area contributed by atoms with Crippen molar-refractivity contribution in [1.82, 2.24) is 9.55 Å². The summed E-state index contributed by atoms with van der Waals surface area (Å²) < 4.78 is 2.92. The average molecular weight is 178 g/mol. The molecule has 0 unspecified atom stereocenters. The Kier molecular flexibility index (Phi) is 1.54. The van der Waals surface area contributed by atoms with Gasteiger partial charge in [0, 0.05) is 24.3 Å². The van der Waals surface area contributed by atoms with Crippen LogP contribution in [0.4, 0.5) is 0 Å². The number of hydrogen-bond donors (Lipinski definition) is 1. The molecule has 2 heterocycles. The van der Waals surface area contributed by atoms with Gasteiger partial charge in [-0.2, -0.15) is 0 Å². The SMILES string of the molecule is Cc1cc2c[nH]c(=S)cc2n1C. The Hall–Kier alpha value is -1.09. The van der Waals surface area contributed by atoms with Gasteiger partial charge in [-0.1, -0.05) is 12.2 Å². The number of hydrogen-bond acceptors (Lipinski definition) is 1. The van der Waals surface area contributed by atoms with Crippen LogP contribution in [-0.4, -0.2) is 9.55 Å². The molecule has 0 aliphatic heterocycles. The highest BCUT2D eigenvalue weighted by molar-refractivity contribution is 7.71. The van der Waals surface area contributed by atoms with Crippen LogP contribution in [0.25, 0.3) is 10.9 Å². The molecule has 3 heteroatoms. The molecule has 0 aliphatic carbocycles. The zero-order valence-corrected chi connectivity index (χ0v) is 7.90. The van der Waals surface area contributed by atoms with Gasteiger partial charge in [-0.25, -0.2) is 0 Å². The fourth-order valence-corrected chi connectivity index (χ4v) is 1.56. The van der Waals surface area contributed by atoms with Gasteiger partial charge < -0.3 is 9.55 Å². The summed E-state index contributed by atoms with van der Waals surface area (Å²) in [4.78, 5) is 3.02. The lowest BCUT2D eigenvalue weighted by atomic mass is 10.3. The highest BCUT2D eigenvalue weighted by Crippen LogP contribution is 2.16. The van der Waals surface area contributed by atoms with Crippen LogP contribution in [0.5, 0.6) is 0 Å². The highest BCUT2D eigenvalue weighted by Gasteiger charge is 1.99. The number of nitrogens with one attached hydrogen (secondary N) is 1. The van der Waals surface area contributed by atoms with E-state index in [2.05, 4.69) is 22.5 Å². The first kappa shape index (κ1) is 7.55. The summed E-state index contributed by atoms with van der Waals surface area (Å²) in [6.07, 6.45) is 1.95. The maximum absolute atomic E-state index is 5.04. The van der Waals surface area contributed by atoms with Crippen LogP contribution >= 0.6 is 12.2 Å². The van der Waals surface area contributed by atoms with E-state index in [1.807, 2.05) is 19.3 Å². The summed E-state index contributed by atoms with van der Waals surface area (Å²) in [6, 6.07) is 4.12. The van der Waals surface area contributed by atoms with E-state index in [0.717, 1.165) is 4.64 Å². The van der Waals surface area contributed by atoms with E-state index < -0.39 is 0 Å². The quantitative estimate of drug-likeness (QED) is 0.615. The molecule has 0 aromatic carbocycles. The number of pyridine rings is 1. The van der Waals surface area contributed by atoms with Gasteiger partial charge in [0.15, 0.2) is 0 Å². The van der Waals surface area contributed by atoms with Gasteiger partial charge in [0.25, 0.3) is 0 Å². The van der Waals surface area contributed by atoms with Crippen molar-refractivity contribution in [1.29, 1.82) is 0 Å². The van der Waals surface area contributed by atoms with Crippen molar-refractivity contribution in [3.05, 3.63) is 28.7 Å². The maximum Gasteiger partial charge on any atom is 0.105 e. The normalized spacial score (nSPS) is 10.8. The Labute approximate surface area is 75.8 Å². The molecular weight excluding hydrogens is 168 g/mol. The van der Waals surface area contributed by atoms with Gasteiger partial charge in [0.1, 0.15) is 4.64 Å². The standard InChI is InChI=1S/C9H10N2S/c1-6-3-7-5-10-9(12)4-8(7)11(6)2/h3-5H,1-2H3,(H,10,12). The van der Waals surface area contributed by atoms with E-state index in [1.165, 1.54) is 16.6 Å². The second-order valence-corrected chi connectivity index (χ2v) is 3.42. The van der Waals surface area contributed by atoms with Crippen LogP contribution in [0.3, 0.4) is 0 Å². The zero-order valence-electron chi connectivity index (χ0n) is 7.09.